The van der Waals surface area contributed by atoms with Gasteiger partial charge in [-0.05, 0) is 31.5 Å². The molecule has 1 aromatic carbocycles. The van der Waals surface area contributed by atoms with Crippen molar-refractivity contribution in [1.82, 2.24) is 5.32 Å². The number of benzene rings is 1. The molecule has 0 aromatic heterocycles. The van der Waals surface area contributed by atoms with E-state index >= 15 is 0 Å². The van der Waals surface area contributed by atoms with Crippen molar-refractivity contribution in [3.8, 4) is 5.75 Å². The summed E-state index contributed by atoms with van der Waals surface area (Å²) in [6, 6.07) is 10.4. The molecule has 0 aliphatic carbocycles. The van der Waals surface area contributed by atoms with Gasteiger partial charge in [0.05, 0.1) is 6.61 Å². The van der Waals surface area contributed by atoms with Crippen LogP contribution < -0.4 is 10.1 Å². The first-order valence-electron chi connectivity index (χ1n) is 6.89. The van der Waals surface area contributed by atoms with E-state index in [-0.39, 0.29) is 0 Å². The maximum atomic E-state index is 5.86. The van der Waals surface area contributed by atoms with Crippen LogP contribution in [0.1, 0.15) is 19.8 Å². The average Bonchev–Trinajstić information content (AvgIpc) is 2.45. The zero-order chi connectivity index (χ0) is 12.6. The summed E-state index contributed by atoms with van der Waals surface area (Å²) in [5.74, 6) is 1.51. The fourth-order valence-electron chi connectivity index (χ4n) is 2.41. The number of para-hydroxylation sites is 1. The standard InChI is InChI=1S/C15H23NO2/c1-2-16-15(13-7-6-10-17-11-13)12-18-14-8-4-3-5-9-14/h3-5,8-9,13,15-16H,2,6-7,10-12H2,1H3. The number of nitrogens with one attached hydrogen (secondary N) is 1. The third-order valence-corrected chi connectivity index (χ3v) is 3.40. The molecule has 1 saturated heterocycles. The lowest BCUT2D eigenvalue weighted by molar-refractivity contribution is 0.0310. The van der Waals surface area contributed by atoms with Gasteiger partial charge in [-0.1, -0.05) is 25.1 Å². The first-order valence-corrected chi connectivity index (χ1v) is 6.89. The fourth-order valence-corrected chi connectivity index (χ4v) is 2.41. The third-order valence-electron chi connectivity index (χ3n) is 3.40. The highest BCUT2D eigenvalue weighted by atomic mass is 16.5. The lowest BCUT2D eigenvalue weighted by Gasteiger charge is -2.30. The number of ether oxygens (including phenoxy) is 2. The Labute approximate surface area is 109 Å². The highest BCUT2D eigenvalue weighted by Crippen LogP contribution is 2.19. The molecule has 1 fully saturated rings. The van der Waals surface area contributed by atoms with Gasteiger partial charge < -0.3 is 14.8 Å². The van der Waals surface area contributed by atoms with E-state index in [1.807, 2.05) is 30.3 Å². The Kier molecular flexibility index (Phi) is 5.49. The monoisotopic (exact) mass is 249 g/mol. The van der Waals surface area contributed by atoms with Crippen LogP contribution in [0.3, 0.4) is 0 Å². The van der Waals surface area contributed by atoms with E-state index in [4.69, 9.17) is 9.47 Å². The average molecular weight is 249 g/mol. The molecule has 0 amide bonds. The quantitative estimate of drug-likeness (QED) is 0.840. The van der Waals surface area contributed by atoms with Crippen LogP contribution >= 0.6 is 0 Å². The van der Waals surface area contributed by atoms with Gasteiger partial charge in [0.2, 0.25) is 0 Å². The zero-order valence-corrected chi connectivity index (χ0v) is 11.1. The van der Waals surface area contributed by atoms with Crippen molar-refractivity contribution in [3.05, 3.63) is 30.3 Å². The van der Waals surface area contributed by atoms with E-state index in [2.05, 4.69) is 12.2 Å². The number of likely N-dealkylation sites (N-methyl/N-ethyl adjacent to an activating group) is 1. The Balaban J connectivity index is 1.85. The summed E-state index contributed by atoms with van der Waals surface area (Å²) in [4.78, 5) is 0. The molecule has 3 nitrogen and oxygen atoms in total. The van der Waals surface area contributed by atoms with Crippen LogP contribution in [0.15, 0.2) is 30.3 Å². The van der Waals surface area contributed by atoms with Crippen molar-refractivity contribution >= 4 is 0 Å². The zero-order valence-electron chi connectivity index (χ0n) is 11.1. The van der Waals surface area contributed by atoms with Gasteiger partial charge in [-0.15, -0.1) is 0 Å². The van der Waals surface area contributed by atoms with Crippen molar-refractivity contribution < 1.29 is 9.47 Å². The van der Waals surface area contributed by atoms with Crippen molar-refractivity contribution in [2.75, 3.05) is 26.4 Å². The van der Waals surface area contributed by atoms with E-state index in [9.17, 15) is 0 Å². The first kappa shape index (κ1) is 13.4. The van der Waals surface area contributed by atoms with Crippen LogP contribution in [0.2, 0.25) is 0 Å². The molecule has 0 saturated carbocycles. The molecule has 0 radical (unpaired) electrons. The summed E-state index contributed by atoms with van der Waals surface area (Å²) in [6.07, 6.45) is 2.40. The summed E-state index contributed by atoms with van der Waals surface area (Å²) in [6.45, 7) is 5.59. The van der Waals surface area contributed by atoms with Crippen LogP contribution in [0.5, 0.6) is 5.75 Å². The molecule has 0 bridgehead atoms. The largest absolute Gasteiger partial charge is 0.492 e. The van der Waals surface area contributed by atoms with Gasteiger partial charge in [-0.3, -0.25) is 0 Å². The van der Waals surface area contributed by atoms with Gasteiger partial charge in [-0.2, -0.15) is 0 Å². The predicted molar refractivity (Wildman–Crippen MR) is 72.9 cm³/mol. The highest BCUT2D eigenvalue weighted by molar-refractivity contribution is 5.20. The topological polar surface area (TPSA) is 30.5 Å². The minimum absolute atomic E-state index is 0.385. The number of rotatable bonds is 6. The maximum absolute atomic E-state index is 5.86. The molecule has 3 heteroatoms. The Morgan fingerprint density at radius 3 is 2.89 bits per heavy atom. The van der Waals surface area contributed by atoms with E-state index in [0.717, 1.165) is 31.9 Å². The lowest BCUT2D eigenvalue weighted by atomic mass is 9.94. The van der Waals surface area contributed by atoms with Crippen molar-refractivity contribution in [2.24, 2.45) is 5.92 Å². The van der Waals surface area contributed by atoms with Crippen molar-refractivity contribution in [1.29, 1.82) is 0 Å². The van der Waals surface area contributed by atoms with Crippen LogP contribution in [0.25, 0.3) is 0 Å². The molecule has 18 heavy (non-hydrogen) atoms. The molecular formula is C15H23NO2. The van der Waals surface area contributed by atoms with Gasteiger partial charge >= 0.3 is 0 Å². The Hall–Kier alpha value is -1.06. The molecule has 0 spiro atoms. The molecule has 2 rings (SSSR count). The van der Waals surface area contributed by atoms with E-state index < -0.39 is 0 Å². The molecule has 2 atom stereocenters. The predicted octanol–water partition coefficient (Wildman–Crippen LogP) is 2.47. The molecule has 2 unspecified atom stereocenters. The van der Waals surface area contributed by atoms with Gasteiger partial charge in [0.15, 0.2) is 0 Å². The van der Waals surface area contributed by atoms with Crippen molar-refractivity contribution in [2.45, 2.75) is 25.8 Å². The van der Waals surface area contributed by atoms with Gasteiger partial charge in [0.25, 0.3) is 0 Å². The molecule has 100 valence electrons. The molecule has 1 aliphatic heterocycles. The molecule has 1 aromatic rings. The minimum atomic E-state index is 0.385. The van der Waals surface area contributed by atoms with E-state index in [0.29, 0.717) is 18.6 Å². The normalized spacial score (nSPS) is 21.5. The number of hydrogen-bond donors (Lipinski definition) is 1. The van der Waals surface area contributed by atoms with E-state index in [1.165, 1.54) is 6.42 Å². The molecule has 1 N–H and O–H groups in total. The Bertz CT molecular complexity index is 323. The summed E-state index contributed by atoms with van der Waals surface area (Å²) in [5, 5.41) is 3.52. The summed E-state index contributed by atoms with van der Waals surface area (Å²) < 4.78 is 11.4. The second-order valence-corrected chi connectivity index (χ2v) is 4.77. The van der Waals surface area contributed by atoms with Gasteiger partial charge in [-0.25, -0.2) is 0 Å². The van der Waals surface area contributed by atoms with Crippen LogP contribution in [-0.4, -0.2) is 32.4 Å². The van der Waals surface area contributed by atoms with Crippen LogP contribution in [0.4, 0.5) is 0 Å². The third kappa shape index (κ3) is 4.00. The van der Waals surface area contributed by atoms with Gasteiger partial charge in [0, 0.05) is 18.6 Å². The molecular weight excluding hydrogens is 226 g/mol. The number of hydrogen-bond acceptors (Lipinski definition) is 3. The van der Waals surface area contributed by atoms with E-state index in [1.54, 1.807) is 0 Å². The van der Waals surface area contributed by atoms with Gasteiger partial charge in [0.1, 0.15) is 12.4 Å². The smallest absolute Gasteiger partial charge is 0.119 e. The minimum Gasteiger partial charge on any atom is -0.492 e. The second kappa shape index (κ2) is 7.39. The summed E-state index contributed by atoms with van der Waals surface area (Å²) in [5.41, 5.74) is 0. The molecule has 1 aliphatic rings. The SMILES string of the molecule is CCNC(COc1ccccc1)C1CCCOC1. The fraction of sp³-hybridized carbons (Fsp3) is 0.600. The molecule has 1 heterocycles. The van der Waals surface area contributed by atoms with Crippen LogP contribution in [0, 0.1) is 5.92 Å². The summed E-state index contributed by atoms with van der Waals surface area (Å²) in [7, 11) is 0. The second-order valence-electron chi connectivity index (χ2n) is 4.77. The Morgan fingerprint density at radius 1 is 1.39 bits per heavy atom. The lowest BCUT2D eigenvalue weighted by Crippen LogP contribution is -2.44. The summed E-state index contributed by atoms with van der Waals surface area (Å²) >= 11 is 0. The van der Waals surface area contributed by atoms with Crippen molar-refractivity contribution in [3.63, 3.8) is 0 Å². The Morgan fingerprint density at radius 2 is 2.22 bits per heavy atom. The first-order chi connectivity index (χ1) is 8.90. The van der Waals surface area contributed by atoms with Crippen LogP contribution in [-0.2, 0) is 4.74 Å². The highest BCUT2D eigenvalue weighted by Gasteiger charge is 2.24. The maximum Gasteiger partial charge on any atom is 0.119 e.